The van der Waals surface area contributed by atoms with Crippen LogP contribution in [-0.2, 0) is 25.5 Å². The van der Waals surface area contributed by atoms with Crippen LogP contribution in [0.2, 0.25) is 0 Å². The monoisotopic (exact) mass is 479 g/mol. The molecule has 1 aromatic rings. The maximum atomic E-state index is 12.9. The standard InChI is InChI=1S/C24H37N3O7/c1-23(2,3)33-21(31)25-14-10-13-17(20(29)30)26-19(28)18(15-16-11-8-7-9-12-16)27-22(32)34-24(4,5)6/h7-9,11-12,17-18H,10,13-15H2,1-6H3,(H,25,31)(H,26,28)(H,27,32)(H,29,30). The van der Waals surface area contributed by atoms with E-state index in [-0.39, 0.29) is 19.4 Å². The van der Waals surface area contributed by atoms with E-state index in [9.17, 15) is 24.3 Å². The molecule has 10 heteroatoms. The van der Waals surface area contributed by atoms with Crippen LogP contribution >= 0.6 is 0 Å². The molecular weight excluding hydrogens is 442 g/mol. The number of hydrogen-bond acceptors (Lipinski definition) is 6. The number of carbonyl (C=O) groups is 4. The van der Waals surface area contributed by atoms with Crippen LogP contribution in [0.3, 0.4) is 0 Å². The van der Waals surface area contributed by atoms with Gasteiger partial charge >= 0.3 is 18.2 Å². The minimum Gasteiger partial charge on any atom is -0.480 e. The molecule has 10 nitrogen and oxygen atoms in total. The Labute approximate surface area is 200 Å². The van der Waals surface area contributed by atoms with Gasteiger partial charge in [0.25, 0.3) is 0 Å². The number of alkyl carbamates (subject to hydrolysis) is 2. The lowest BCUT2D eigenvalue weighted by Gasteiger charge is -2.24. The highest BCUT2D eigenvalue weighted by Gasteiger charge is 2.28. The van der Waals surface area contributed by atoms with Crippen molar-refractivity contribution in [3.8, 4) is 0 Å². The smallest absolute Gasteiger partial charge is 0.408 e. The summed E-state index contributed by atoms with van der Waals surface area (Å²) in [6.45, 7) is 10.5. The first-order chi connectivity index (χ1) is 15.7. The molecule has 0 aliphatic rings. The first-order valence-corrected chi connectivity index (χ1v) is 11.2. The van der Waals surface area contributed by atoms with E-state index < -0.39 is 47.3 Å². The SMILES string of the molecule is CC(C)(C)OC(=O)NCCCC(NC(=O)C(Cc1ccccc1)NC(=O)OC(C)(C)C)C(=O)O. The fourth-order valence-corrected chi connectivity index (χ4v) is 2.85. The van der Waals surface area contributed by atoms with Gasteiger partial charge in [0.1, 0.15) is 23.3 Å². The Morgan fingerprint density at radius 2 is 1.41 bits per heavy atom. The van der Waals surface area contributed by atoms with Crippen LogP contribution in [0.1, 0.15) is 59.9 Å². The van der Waals surface area contributed by atoms with E-state index in [1.165, 1.54) is 0 Å². The van der Waals surface area contributed by atoms with Gasteiger partial charge in [0.15, 0.2) is 0 Å². The zero-order chi connectivity index (χ0) is 25.9. The molecule has 0 aliphatic carbocycles. The van der Waals surface area contributed by atoms with Gasteiger partial charge in [-0.3, -0.25) is 4.79 Å². The zero-order valence-corrected chi connectivity index (χ0v) is 20.8. The molecule has 0 aromatic heterocycles. The molecule has 190 valence electrons. The summed E-state index contributed by atoms with van der Waals surface area (Å²) in [5, 5.41) is 17.1. The Kier molecular flexibility index (Phi) is 10.8. The Morgan fingerprint density at radius 3 is 1.94 bits per heavy atom. The topological polar surface area (TPSA) is 143 Å². The number of aliphatic carboxylic acids is 1. The second kappa shape index (κ2) is 12.8. The van der Waals surface area contributed by atoms with E-state index in [4.69, 9.17) is 9.47 Å². The average molecular weight is 480 g/mol. The number of benzene rings is 1. The second-order valence-electron chi connectivity index (χ2n) is 9.86. The molecule has 0 spiro atoms. The predicted octanol–water partition coefficient (Wildman–Crippen LogP) is 3.00. The summed E-state index contributed by atoms with van der Waals surface area (Å²) in [5.74, 6) is -1.87. The highest BCUT2D eigenvalue weighted by atomic mass is 16.6. The van der Waals surface area contributed by atoms with E-state index in [1.807, 2.05) is 6.07 Å². The van der Waals surface area contributed by atoms with Gasteiger partial charge in [-0.05, 0) is 59.9 Å². The molecule has 0 radical (unpaired) electrons. The van der Waals surface area contributed by atoms with Crippen molar-refractivity contribution in [2.75, 3.05) is 6.54 Å². The Balaban J connectivity index is 2.76. The van der Waals surface area contributed by atoms with Crippen molar-refractivity contribution in [2.24, 2.45) is 0 Å². The van der Waals surface area contributed by atoms with Gasteiger partial charge in [-0.15, -0.1) is 0 Å². The number of carboxylic acid groups (broad SMARTS) is 1. The molecule has 2 unspecified atom stereocenters. The predicted molar refractivity (Wildman–Crippen MR) is 126 cm³/mol. The normalized spacial score (nSPS) is 13.2. The first kappa shape index (κ1) is 28.7. The average Bonchev–Trinajstić information content (AvgIpc) is 2.67. The van der Waals surface area contributed by atoms with Crippen molar-refractivity contribution >= 4 is 24.1 Å². The third-order valence-corrected chi connectivity index (χ3v) is 4.24. The molecule has 0 aliphatic heterocycles. The number of carboxylic acids is 1. The van der Waals surface area contributed by atoms with Gasteiger partial charge in [0.2, 0.25) is 5.91 Å². The largest absolute Gasteiger partial charge is 0.480 e. The molecule has 4 N–H and O–H groups in total. The summed E-state index contributed by atoms with van der Waals surface area (Å²) in [6.07, 6.45) is -0.871. The zero-order valence-electron chi connectivity index (χ0n) is 20.8. The molecule has 0 saturated heterocycles. The van der Waals surface area contributed by atoms with Gasteiger partial charge < -0.3 is 30.5 Å². The lowest BCUT2D eigenvalue weighted by molar-refractivity contribution is -0.142. The van der Waals surface area contributed by atoms with Crippen LogP contribution in [-0.4, -0.2) is 59.0 Å². The number of hydrogen-bond donors (Lipinski definition) is 4. The van der Waals surface area contributed by atoms with Crippen molar-refractivity contribution in [2.45, 2.75) is 84.1 Å². The van der Waals surface area contributed by atoms with Crippen molar-refractivity contribution in [1.82, 2.24) is 16.0 Å². The summed E-state index contributed by atoms with van der Waals surface area (Å²) in [7, 11) is 0. The van der Waals surface area contributed by atoms with Crippen LogP contribution in [0.15, 0.2) is 30.3 Å². The van der Waals surface area contributed by atoms with E-state index in [1.54, 1.807) is 65.8 Å². The van der Waals surface area contributed by atoms with E-state index >= 15 is 0 Å². The number of nitrogens with one attached hydrogen (secondary N) is 3. The molecule has 2 atom stereocenters. The van der Waals surface area contributed by atoms with Crippen molar-refractivity contribution in [3.63, 3.8) is 0 Å². The van der Waals surface area contributed by atoms with Gasteiger partial charge in [-0.25, -0.2) is 14.4 Å². The van der Waals surface area contributed by atoms with Gasteiger partial charge in [0, 0.05) is 13.0 Å². The number of carbonyl (C=O) groups excluding carboxylic acids is 3. The van der Waals surface area contributed by atoms with Crippen molar-refractivity contribution < 1.29 is 33.8 Å². The fourth-order valence-electron chi connectivity index (χ4n) is 2.85. The minimum absolute atomic E-state index is 0.0708. The van der Waals surface area contributed by atoms with Crippen molar-refractivity contribution in [3.05, 3.63) is 35.9 Å². The van der Waals surface area contributed by atoms with Crippen LogP contribution in [0.5, 0.6) is 0 Å². The van der Waals surface area contributed by atoms with Gasteiger partial charge in [-0.2, -0.15) is 0 Å². The third-order valence-electron chi connectivity index (χ3n) is 4.24. The van der Waals surface area contributed by atoms with Crippen molar-refractivity contribution in [1.29, 1.82) is 0 Å². The van der Waals surface area contributed by atoms with Gasteiger partial charge in [0.05, 0.1) is 0 Å². The summed E-state index contributed by atoms with van der Waals surface area (Å²) < 4.78 is 10.4. The summed E-state index contributed by atoms with van der Waals surface area (Å²) in [4.78, 5) is 48.6. The Hall–Kier alpha value is -3.30. The molecule has 0 saturated carbocycles. The van der Waals surface area contributed by atoms with E-state index in [2.05, 4.69) is 16.0 Å². The lowest BCUT2D eigenvalue weighted by Crippen LogP contribution is -2.53. The lowest BCUT2D eigenvalue weighted by atomic mass is 10.0. The molecule has 1 aromatic carbocycles. The van der Waals surface area contributed by atoms with Crippen LogP contribution in [0, 0.1) is 0 Å². The van der Waals surface area contributed by atoms with Crippen LogP contribution < -0.4 is 16.0 Å². The Morgan fingerprint density at radius 1 is 0.853 bits per heavy atom. The maximum Gasteiger partial charge on any atom is 0.408 e. The van der Waals surface area contributed by atoms with Crippen LogP contribution in [0.25, 0.3) is 0 Å². The molecule has 3 amide bonds. The van der Waals surface area contributed by atoms with E-state index in [0.29, 0.717) is 6.42 Å². The van der Waals surface area contributed by atoms with E-state index in [0.717, 1.165) is 5.56 Å². The molecule has 34 heavy (non-hydrogen) atoms. The van der Waals surface area contributed by atoms with Gasteiger partial charge in [-0.1, -0.05) is 30.3 Å². The molecule has 0 bridgehead atoms. The first-order valence-electron chi connectivity index (χ1n) is 11.2. The summed E-state index contributed by atoms with van der Waals surface area (Å²) >= 11 is 0. The number of ether oxygens (including phenoxy) is 2. The summed E-state index contributed by atoms with van der Waals surface area (Å²) in [6, 6.07) is 6.78. The molecule has 0 heterocycles. The summed E-state index contributed by atoms with van der Waals surface area (Å²) in [5.41, 5.74) is -0.619. The third kappa shape index (κ3) is 12.7. The second-order valence-corrected chi connectivity index (χ2v) is 9.86. The molecular formula is C24H37N3O7. The highest BCUT2D eigenvalue weighted by Crippen LogP contribution is 2.10. The Bertz CT molecular complexity index is 829. The van der Waals surface area contributed by atoms with Crippen LogP contribution in [0.4, 0.5) is 9.59 Å². The molecule has 0 fully saturated rings. The fraction of sp³-hybridized carbons (Fsp3) is 0.583. The highest BCUT2D eigenvalue weighted by molar-refractivity contribution is 5.89. The minimum atomic E-state index is -1.22. The quantitative estimate of drug-likeness (QED) is 0.378. The maximum absolute atomic E-state index is 12.9. The number of amides is 3. The molecule has 1 rings (SSSR count). The number of rotatable bonds is 10.